The third-order valence-corrected chi connectivity index (χ3v) is 3.45. The maximum atomic E-state index is 10.7. The van der Waals surface area contributed by atoms with Gasteiger partial charge in [0.25, 0.3) is 0 Å². The van der Waals surface area contributed by atoms with Gasteiger partial charge in [0, 0.05) is 19.6 Å². The molecule has 1 atom stereocenters. The molecule has 98 valence electrons. The molecule has 1 heterocycles. The van der Waals surface area contributed by atoms with Crippen molar-refractivity contribution in [3.63, 3.8) is 0 Å². The number of carboxylic acid groups (broad SMARTS) is 1. The number of hydrogen-bond acceptors (Lipinski definition) is 3. The Hall–Kier alpha value is -1.39. The molecule has 4 nitrogen and oxygen atoms in total. The van der Waals surface area contributed by atoms with Crippen molar-refractivity contribution < 1.29 is 15.0 Å². The molecule has 1 unspecified atom stereocenters. The second-order valence-corrected chi connectivity index (χ2v) is 5.06. The first kappa shape index (κ1) is 13.1. The molecule has 0 saturated carbocycles. The van der Waals surface area contributed by atoms with Crippen molar-refractivity contribution in [2.75, 3.05) is 19.6 Å². The van der Waals surface area contributed by atoms with Crippen molar-refractivity contribution in [2.45, 2.75) is 24.9 Å². The van der Waals surface area contributed by atoms with Crippen molar-refractivity contribution >= 4 is 5.97 Å². The van der Waals surface area contributed by atoms with Crippen molar-refractivity contribution in [3.8, 4) is 0 Å². The minimum absolute atomic E-state index is 0.158. The predicted molar refractivity (Wildman–Crippen MR) is 68.4 cm³/mol. The molecular formula is C14H19NO3. The first-order valence-corrected chi connectivity index (χ1v) is 6.28. The first-order chi connectivity index (χ1) is 8.57. The molecule has 1 aliphatic rings. The van der Waals surface area contributed by atoms with Gasteiger partial charge >= 0.3 is 5.97 Å². The van der Waals surface area contributed by atoms with Crippen LogP contribution in [0.4, 0.5) is 0 Å². The van der Waals surface area contributed by atoms with E-state index < -0.39 is 11.6 Å². The van der Waals surface area contributed by atoms with Crippen LogP contribution in [0.1, 0.15) is 18.4 Å². The van der Waals surface area contributed by atoms with E-state index in [0.717, 1.165) is 19.5 Å². The number of aliphatic hydroxyl groups is 1. The Kier molecular flexibility index (Phi) is 3.99. The van der Waals surface area contributed by atoms with Gasteiger partial charge in [-0.2, -0.15) is 0 Å². The molecule has 0 bridgehead atoms. The molecule has 4 heteroatoms. The quantitative estimate of drug-likeness (QED) is 0.821. The summed E-state index contributed by atoms with van der Waals surface area (Å²) in [5, 5.41) is 18.9. The maximum Gasteiger partial charge on any atom is 0.306 e. The van der Waals surface area contributed by atoms with E-state index >= 15 is 0 Å². The van der Waals surface area contributed by atoms with Crippen molar-refractivity contribution in [3.05, 3.63) is 35.9 Å². The molecule has 1 saturated heterocycles. The van der Waals surface area contributed by atoms with Crippen molar-refractivity contribution in [1.82, 2.24) is 4.90 Å². The fraction of sp³-hybridized carbons (Fsp3) is 0.500. The van der Waals surface area contributed by atoms with Crippen LogP contribution < -0.4 is 0 Å². The molecule has 0 spiro atoms. The summed E-state index contributed by atoms with van der Waals surface area (Å²) in [6, 6.07) is 10.2. The topological polar surface area (TPSA) is 60.8 Å². The predicted octanol–water partition coefficient (Wildman–Crippen LogP) is 1.14. The Labute approximate surface area is 107 Å². The fourth-order valence-electron chi connectivity index (χ4n) is 2.49. The summed E-state index contributed by atoms with van der Waals surface area (Å²) in [5.41, 5.74) is 0.230. The average molecular weight is 249 g/mol. The van der Waals surface area contributed by atoms with Crippen LogP contribution in [0.25, 0.3) is 0 Å². The first-order valence-electron chi connectivity index (χ1n) is 6.28. The second-order valence-electron chi connectivity index (χ2n) is 5.06. The molecule has 1 aromatic rings. The number of carboxylic acids is 1. The average Bonchev–Trinajstić information content (AvgIpc) is 2.68. The van der Waals surface area contributed by atoms with E-state index in [4.69, 9.17) is 5.11 Å². The highest BCUT2D eigenvalue weighted by Gasteiger charge is 2.37. The molecule has 2 rings (SSSR count). The van der Waals surface area contributed by atoms with E-state index in [0.29, 0.717) is 13.0 Å². The molecular weight excluding hydrogens is 230 g/mol. The number of rotatable bonds is 5. The summed E-state index contributed by atoms with van der Waals surface area (Å²) in [4.78, 5) is 12.8. The van der Waals surface area contributed by atoms with Crippen LogP contribution in [0.5, 0.6) is 0 Å². The summed E-state index contributed by atoms with van der Waals surface area (Å²) in [6.45, 7) is 2.11. The Balaban J connectivity index is 1.81. The monoisotopic (exact) mass is 249 g/mol. The van der Waals surface area contributed by atoms with Gasteiger partial charge in [0.05, 0.1) is 12.0 Å². The van der Waals surface area contributed by atoms with E-state index in [2.05, 4.69) is 17.0 Å². The number of aliphatic carboxylic acids is 1. The van der Waals surface area contributed by atoms with Gasteiger partial charge in [-0.25, -0.2) is 0 Å². The number of benzene rings is 1. The lowest BCUT2D eigenvalue weighted by Crippen LogP contribution is -2.36. The van der Waals surface area contributed by atoms with Crippen LogP contribution in [-0.2, 0) is 11.2 Å². The van der Waals surface area contributed by atoms with Gasteiger partial charge in [0.1, 0.15) is 0 Å². The normalized spacial score (nSPS) is 24.3. The van der Waals surface area contributed by atoms with Crippen molar-refractivity contribution in [2.24, 2.45) is 0 Å². The van der Waals surface area contributed by atoms with Crippen LogP contribution >= 0.6 is 0 Å². The Bertz CT molecular complexity index is 407. The van der Waals surface area contributed by atoms with Gasteiger partial charge in [-0.3, -0.25) is 4.79 Å². The summed E-state index contributed by atoms with van der Waals surface area (Å²) in [6.07, 6.45) is 1.33. The molecule has 1 aliphatic heterocycles. The lowest BCUT2D eigenvalue weighted by molar-refractivity contribution is -0.142. The fourth-order valence-corrected chi connectivity index (χ4v) is 2.49. The summed E-state index contributed by atoms with van der Waals surface area (Å²) >= 11 is 0. The van der Waals surface area contributed by atoms with E-state index in [1.165, 1.54) is 5.56 Å². The van der Waals surface area contributed by atoms with E-state index in [1.54, 1.807) is 0 Å². The zero-order valence-electron chi connectivity index (χ0n) is 10.4. The van der Waals surface area contributed by atoms with Gasteiger partial charge in [0.15, 0.2) is 0 Å². The van der Waals surface area contributed by atoms with Gasteiger partial charge < -0.3 is 15.1 Å². The SMILES string of the molecule is O=C(O)CC1(O)CCN(CCc2ccccc2)C1. The molecule has 18 heavy (non-hydrogen) atoms. The number of nitrogens with zero attached hydrogens (tertiary/aromatic N) is 1. The number of β-amino-alcohol motifs (C(OH)–C–C–N with tert-alkyl or cyclic N) is 1. The van der Waals surface area contributed by atoms with Crippen LogP contribution in [-0.4, -0.2) is 46.3 Å². The molecule has 1 aromatic carbocycles. The molecule has 2 N–H and O–H groups in total. The molecule has 1 fully saturated rings. The zero-order chi connectivity index (χ0) is 13.0. The van der Waals surface area contributed by atoms with Crippen LogP contribution in [0.15, 0.2) is 30.3 Å². The van der Waals surface area contributed by atoms with Gasteiger partial charge in [-0.05, 0) is 18.4 Å². The Morgan fingerprint density at radius 2 is 2.06 bits per heavy atom. The summed E-state index contributed by atoms with van der Waals surface area (Å²) in [7, 11) is 0. The van der Waals surface area contributed by atoms with Gasteiger partial charge in [-0.15, -0.1) is 0 Å². The molecule has 0 aromatic heterocycles. The summed E-state index contributed by atoms with van der Waals surface area (Å²) in [5.74, 6) is -0.928. The van der Waals surface area contributed by atoms with Crippen LogP contribution in [0.2, 0.25) is 0 Å². The number of likely N-dealkylation sites (tertiary alicyclic amines) is 1. The number of carbonyl (C=O) groups is 1. The Morgan fingerprint density at radius 1 is 1.33 bits per heavy atom. The largest absolute Gasteiger partial charge is 0.481 e. The van der Waals surface area contributed by atoms with E-state index in [9.17, 15) is 9.90 Å². The molecule has 0 radical (unpaired) electrons. The van der Waals surface area contributed by atoms with E-state index in [1.807, 2.05) is 18.2 Å². The van der Waals surface area contributed by atoms with Crippen molar-refractivity contribution in [1.29, 1.82) is 0 Å². The zero-order valence-corrected chi connectivity index (χ0v) is 10.4. The molecule has 0 amide bonds. The lowest BCUT2D eigenvalue weighted by Gasteiger charge is -2.21. The minimum atomic E-state index is -1.04. The third-order valence-electron chi connectivity index (χ3n) is 3.45. The second kappa shape index (κ2) is 5.50. The highest BCUT2D eigenvalue weighted by molar-refractivity contribution is 5.68. The minimum Gasteiger partial charge on any atom is -0.481 e. The smallest absolute Gasteiger partial charge is 0.306 e. The van der Waals surface area contributed by atoms with Crippen LogP contribution in [0.3, 0.4) is 0 Å². The Morgan fingerprint density at radius 3 is 2.72 bits per heavy atom. The third kappa shape index (κ3) is 3.55. The van der Waals surface area contributed by atoms with Crippen LogP contribution in [0, 0.1) is 0 Å². The lowest BCUT2D eigenvalue weighted by atomic mass is 9.99. The van der Waals surface area contributed by atoms with E-state index in [-0.39, 0.29) is 6.42 Å². The molecule has 0 aliphatic carbocycles. The maximum absolute atomic E-state index is 10.7. The summed E-state index contributed by atoms with van der Waals surface area (Å²) < 4.78 is 0. The highest BCUT2D eigenvalue weighted by atomic mass is 16.4. The standard InChI is InChI=1S/C14H19NO3/c16-13(17)10-14(18)7-9-15(11-14)8-6-12-4-2-1-3-5-12/h1-5,18H,6-11H2,(H,16,17). The highest BCUT2D eigenvalue weighted by Crippen LogP contribution is 2.24. The van der Waals surface area contributed by atoms with Gasteiger partial charge in [0.2, 0.25) is 0 Å². The van der Waals surface area contributed by atoms with Gasteiger partial charge in [-0.1, -0.05) is 30.3 Å². The number of hydrogen-bond donors (Lipinski definition) is 2.